The molecule has 2 atom stereocenters. The first-order chi connectivity index (χ1) is 7.83. The van der Waals surface area contributed by atoms with Crippen molar-refractivity contribution in [3.05, 3.63) is 11.6 Å². The summed E-state index contributed by atoms with van der Waals surface area (Å²) in [4.78, 5) is 4.50. The Hall–Kier alpha value is -0.940. The van der Waals surface area contributed by atoms with Gasteiger partial charge in [0.2, 0.25) is 0 Å². The van der Waals surface area contributed by atoms with Crippen molar-refractivity contribution in [3.8, 4) is 0 Å². The average Bonchev–Trinajstić information content (AvgIpc) is 2.88. The summed E-state index contributed by atoms with van der Waals surface area (Å²) in [5, 5.41) is 14.2. The molecule has 0 radical (unpaired) electrons. The van der Waals surface area contributed by atoms with Crippen molar-refractivity contribution in [2.75, 3.05) is 13.2 Å². The second-order valence-corrected chi connectivity index (χ2v) is 4.70. The maximum atomic E-state index is 9.77. The molecule has 2 aliphatic rings. The van der Waals surface area contributed by atoms with Crippen molar-refractivity contribution in [3.63, 3.8) is 0 Å². The van der Waals surface area contributed by atoms with Crippen LogP contribution in [-0.4, -0.2) is 33.1 Å². The third-order valence-electron chi connectivity index (χ3n) is 3.39. The van der Waals surface area contributed by atoms with Crippen LogP contribution in [0.4, 0.5) is 0 Å². The fourth-order valence-electron chi connectivity index (χ4n) is 2.47. The van der Waals surface area contributed by atoms with Crippen molar-refractivity contribution in [2.45, 2.75) is 38.3 Å². The molecule has 2 unspecified atom stereocenters. The van der Waals surface area contributed by atoms with Gasteiger partial charge in [-0.3, -0.25) is 0 Å². The third kappa shape index (κ3) is 1.85. The van der Waals surface area contributed by atoms with Gasteiger partial charge in [-0.15, -0.1) is 0 Å². The maximum Gasteiger partial charge on any atom is 0.151 e. The van der Waals surface area contributed by atoms with Crippen LogP contribution < -0.4 is 0 Å². The average molecular weight is 223 g/mol. The molecule has 1 aromatic heterocycles. The minimum Gasteiger partial charge on any atom is -0.381 e. The standard InChI is InChI=1S/C11H17N3O2/c15-11-3-1-2-10-12-9(13-14(10)11)6-8-4-5-16-7-8/h8,11,15H,1-7H2. The number of rotatable bonds is 2. The van der Waals surface area contributed by atoms with Crippen LogP contribution in [0, 0.1) is 5.92 Å². The zero-order chi connectivity index (χ0) is 11.0. The predicted molar refractivity (Wildman–Crippen MR) is 56.8 cm³/mol. The Labute approximate surface area is 94.4 Å². The molecule has 0 amide bonds. The summed E-state index contributed by atoms with van der Waals surface area (Å²) in [7, 11) is 0. The Balaban J connectivity index is 1.75. The molecule has 1 aromatic rings. The lowest BCUT2D eigenvalue weighted by atomic mass is 10.1. The Morgan fingerprint density at radius 1 is 1.44 bits per heavy atom. The van der Waals surface area contributed by atoms with Crippen LogP contribution in [0.3, 0.4) is 0 Å². The molecule has 0 bridgehead atoms. The fraction of sp³-hybridized carbons (Fsp3) is 0.818. The van der Waals surface area contributed by atoms with Crippen molar-refractivity contribution < 1.29 is 9.84 Å². The minimum atomic E-state index is -0.468. The van der Waals surface area contributed by atoms with Gasteiger partial charge in [-0.2, -0.15) is 5.10 Å². The van der Waals surface area contributed by atoms with E-state index in [-0.39, 0.29) is 0 Å². The monoisotopic (exact) mass is 223 g/mol. The molecule has 0 spiro atoms. The summed E-state index contributed by atoms with van der Waals surface area (Å²) in [6.45, 7) is 1.69. The van der Waals surface area contributed by atoms with E-state index in [4.69, 9.17) is 4.74 Å². The van der Waals surface area contributed by atoms with Crippen LogP contribution in [0.2, 0.25) is 0 Å². The van der Waals surface area contributed by atoms with Crippen LogP contribution in [-0.2, 0) is 17.6 Å². The van der Waals surface area contributed by atoms with E-state index in [1.165, 1.54) is 0 Å². The Morgan fingerprint density at radius 3 is 3.12 bits per heavy atom. The van der Waals surface area contributed by atoms with E-state index in [0.29, 0.717) is 5.92 Å². The largest absolute Gasteiger partial charge is 0.381 e. The molecular formula is C11H17N3O2. The van der Waals surface area contributed by atoms with Crippen LogP contribution >= 0.6 is 0 Å². The Kier molecular flexibility index (Phi) is 2.65. The Bertz CT molecular complexity index is 371. The molecule has 2 aliphatic heterocycles. The molecule has 3 heterocycles. The van der Waals surface area contributed by atoms with Crippen molar-refractivity contribution in [1.82, 2.24) is 14.8 Å². The topological polar surface area (TPSA) is 60.2 Å². The van der Waals surface area contributed by atoms with E-state index in [1.54, 1.807) is 4.68 Å². The van der Waals surface area contributed by atoms with Crippen LogP contribution in [0.25, 0.3) is 0 Å². The number of nitrogens with zero attached hydrogens (tertiary/aromatic N) is 3. The number of aliphatic hydroxyl groups is 1. The summed E-state index contributed by atoms with van der Waals surface area (Å²) in [5.41, 5.74) is 0. The molecule has 1 fully saturated rings. The first kappa shape index (κ1) is 10.2. The number of aromatic nitrogens is 3. The molecule has 1 saturated heterocycles. The first-order valence-corrected chi connectivity index (χ1v) is 6.03. The molecular weight excluding hydrogens is 206 g/mol. The van der Waals surface area contributed by atoms with Gasteiger partial charge in [-0.05, 0) is 25.2 Å². The van der Waals surface area contributed by atoms with Gasteiger partial charge < -0.3 is 9.84 Å². The zero-order valence-electron chi connectivity index (χ0n) is 9.30. The smallest absolute Gasteiger partial charge is 0.151 e. The van der Waals surface area contributed by atoms with Gasteiger partial charge in [0.15, 0.2) is 5.82 Å². The molecule has 88 valence electrons. The second kappa shape index (κ2) is 4.14. The highest BCUT2D eigenvalue weighted by atomic mass is 16.5. The highest BCUT2D eigenvalue weighted by Gasteiger charge is 2.23. The summed E-state index contributed by atoms with van der Waals surface area (Å²) in [5.74, 6) is 2.36. The summed E-state index contributed by atoms with van der Waals surface area (Å²) in [6, 6.07) is 0. The third-order valence-corrected chi connectivity index (χ3v) is 3.39. The number of fused-ring (bicyclic) bond motifs is 1. The lowest BCUT2D eigenvalue weighted by Gasteiger charge is -2.17. The molecule has 5 nitrogen and oxygen atoms in total. The Morgan fingerprint density at radius 2 is 2.38 bits per heavy atom. The fourth-order valence-corrected chi connectivity index (χ4v) is 2.47. The molecule has 16 heavy (non-hydrogen) atoms. The van der Waals surface area contributed by atoms with Gasteiger partial charge in [0.1, 0.15) is 12.1 Å². The quantitative estimate of drug-likeness (QED) is 0.801. The minimum absolute atomic E-state index is 0.468. The van der Waals surface area contributed by atoms with Gasteiger partial charge in [-0.25, -0.2) is 9.67 Å². The number of ether oxygens (including phenoxy) is 1. The van der Waals surface area contributed by atoms with Gasteiger partial charge >= 0.3 is 0 Å². The molecule has 0 aromatic carbocycles. The zero-order valence-corrected chi connectivity index (χ0v) is 9.30. The van der Waals surface area contributed by atoms with Gasteiger partial charge in [0.25, 0.3) is 0 Å². The van der Waals surface area contributed by atoms with Crippen molar-refractivity contribution in [1.29, 1.82) is 0 Å². The van der Waals surface area contributed by atoms with E-state index in [0.717, 1.165) is 57.0 Å². The first-order valence-electron chi connectivity index (χ1n) is 6.03. The SMILES string of the molecule is OC1CCCc2nc(CC3CCOC3)nn21. The molecule has 5 heteroatoms. The normalized spacial score (nSPS) is 29.3. The molecule has 0 aliphatic carbocycles. The second-order valence-electron chi connectivity index (χ2n) is 4.70. The van der Waals surface area contributed by atoms with Gasteiger partial charge in [0.05, 0.1) is 0 Å². The van der Waals surface area contributed by atoms with E-state index >= 15 is 0 Å². The number of aliphatic hydroxyl groups excluding tert-OH is 1. The van der Waals surface area contributed by atoms with E-state index in [9.17, 15) is 5.11 Å². The summed E-state index contributed by atoms with van der Waals surface area (Å²) in [6.07, 6.45) is 4.25. The lowest BCUT2D eigenvalue weighted by Crippen LogP contribution is -2.18. The van der Waals surface area contributed by atoms with Crippen LogP contribution in [0.5, 0.6) is 0 Å². The van der Waals surface area contributed by atoms with Gasteiger partial charge in [0, 0.05) is 26.1 Å². The summed E-state index contributed by atoms with van der Waals surface area (Å²) < 4.78 is 7.03. The van der Waals surface area contributed by atoms with Gasteiger partial charge in [-0.1, -0.05) is 0 Å². The van der Waals surface area contributed by atoms with E-state index < -0.39 is 6.23 Å². The van der Waals surface area contributed by atoms with Crippen LogP contribution in [0.15, 0.2) is 0 Å². The van der Waals surface area contributed by atoms with E-state index in [1.807, 2.05) is 0 Å². The van der Waals surface area contributed by atoms with Crippen molar-refractivity contribution >= 4 is 0 Å². The molecule has 3 rings (SSSR count). The van der Waals surface area contributed by atoms with Crippen molar-refractivity contribution in [2.24, 2.45) is 5.92 Å². The highest BCUT2D eigenvalue weighted by molar-refractivity contribution is 4.98. The van der Waals surface area contributed by atoms with Crippen LogP contribution in [0.1, 0.15) is 37.1 Å². The lowest BCUT2D eigenvalue weighted by molar-refractivity contribution is 0.0643. The predicted octanol–water partition coefficient (Wildman–Crippen LogP) is 0.684. The molecule has 1 N–H and O–H groups in total. The maximum absolute atomic E-state index is 9.77. The number of hydrogen-bond donors (Lipinski definition) is 1. The number of hydrogen-bond acceptors (Lipinski definition) is 4. The highest BCUT2D eigenvalue weighted by Crippen LogP contribution is 2.22. The summed E-state index contributed by atoms with van der Waals surface area (Å²) >= 11 is 0. The number of aryl methyl sites for hydroxylation is 1. The van der Waals surface area contributed by atoms with E-state index in [2.05, 4.69) is 10.1 Å². The molecule has 0 saturated carbocycles.